The topological polar surface area (TPSA) is 0 Å². The zero-order chi connectivity index (χ0) is 13.1. The van der Waals surface area contributed by atoms with E-state index in [1.165, 1.54) is 24.3 Å². The van der Waals surface area contributed by atoms with Crippen molar-refractivity contribution in [1.29, 1.82) is 0 Å². The van der Waals surface area contributed by atoms with Crippen molar-refractivity contribution in [2.24, 2.45) is 0 Å². The van der Waals surface area contributed by atoms with Gasteiger partial charge in [0.25, 0.3) is 0 Å². The van der Waals surface area contributed by atoms with E-state index in [-0.39, 0.29) is 17.0 Å². The number of benzene rings is 2. The molecule has 0 aliphatic rings. The molecule has 0 aliphatic heterocycles. The summed E-state index contributed by atoms with van der Waals surface area (Å²) < 4.78 is 26.4. The van der Waals surface area contributed by atoms with Gasteiger partial charge in [-0.05, 0) is 41.8 Å². The lowest BCUT2D eigenvalue weighted by molar-refractivity contribution is 0.624. The Morgan fingerprint density at radius 3 is 2.22 bits per heavy atom. The Bertz CT molecular complexity index is 540. The van der Waals surface area contributed by atoms with Crippen molar-refractivity contribution in [3.05, 3.63) is 69.7 Å². The molecule has 0 heterocycles. The Labute approximate surface area is 118 Å². The molecule has 0 amide bonds. The molecule has 0 N–H and O–H groups in total. The van der Waals surface area contributed by atoms with Crippen LogP contribution in [-0.2, 0) is 6.42 Å². The summed E-state index contributed by atoms with van der Waals surface area (Å²) in [6, 6.07) is 10.6. The zero-order valence-corrected chi connectivity index (χ0v) is 11.7. The Hall–Kier alpha value is -0.930. The van der Waals surface area contributed by atoms with Gasteiger partial charge in [0, 0.05) is 4.47 Å². The van der Waals surface area contributed by atoms with E-state index in [4.69, 9.17) is 11.6 Å². The lowest BCUT2D eigenvalue weighted by Gasteiger charge is -2.12. The van der Waals surface area contributed by atoms with Crippen LogP contribution in [0.2, 0.25) is 0 Å². The van der Waals surface area contributed by atoms with Gasteiger partial charge in [-0.1, -0.05) is 34.1 Å². The molecule has 2 rings (SSSR count). The molecule has 0 aliphatic carbocycles. The summed E-state index contributed by atoms with van der Waals surface area (Å²) in [4.78, 5) is 0. The zero-order valence-electron chi connectivity index (χ0n) is 9.34. The molecular weight excluding hydrogens is 322 g/mol. The van der Waals surface area contributed by atoms with Gasteiger partial charge in [-0.25, -0.2) is 8.78 Å². The van der Waals surface area contributed by atoms with Gasteiger partial charge in [0.2, 0.25) is 0 Å². The number of alkyl halides is 1. The molecule has 18 heavy (non-hydrogen) atoms. The molecule has 0 nitrogen and oxygen atoms in total. The smallest absolute Gasteiger partial charge is 0.124 e. The van der Waals surface area contributed by atoms with Gasteiger partial charge in [0.1, 0.15) is 11.6 Å². The molecule has 2 aromatic rings. The maximum Gasteiger partial charge on any atom is 0.124 e. The predicted molar refractivity (Wildman–Crippen MR) is 72.8 cm³/mol. The molecule has 0 fully saturated rings. The Kier molecular flexibility index (Phi) is 4.36. The molecule has 0 spiro atoms. The van der Waals surface area contributed by atoms with Crippen LogP contribution in [-0.4, -0.2) is 0 Å². The summed E-state index contributed by atoms with van der Waals surface area (Å²) in [5.41, 5.74) is 1.76. The highest BCUT2D eigenvalue weighted by Gasteiger charge is 2.13. The lowest BCUT2D eigenvalue weighted by Crippen LogP contribution is -1.97. The maximum atomic E-state index is 13.0. The van der Waals surface area contributed by atoms with E-state index in [1.807, 2.05) is 0 Å². The van der Waals surface area contributed by atoms with Gasteiger partial charge in [0.15, 0.2) is 0 Å². The van der Waals surface area contributed by atoms with E-state index in [9.17, 15) is 8.78 Å². The molecule has 0 saturated carbocycles. The summed E-state index contributed by atoms with van der Waals surface area (Å²) in [5.74, 6) is -0.580. The fourth-order valence-electron chi connectivity index (χ4n) is 1.69. The van der Waals surface area contributed by atoms with Gasteiger partial charge in [-0.3, -0.25) is 0 Å². The summed E-state index contributed by atoms with van der Waals surface area (Å²) in [6.45, 7) is 0. The van der Waals surface area contributed by atoms with E-state index in [0.717, 1.165) is 11.1 Å². The Morgan fingerprint density at radius 1 is 1.00 bits per heavy atom. The van der Waals surface area contributed by atoms with Crippen LogP contribution in [0.25, 0.3) is 0 Å². The first-order chi connectivity index (χ1) is 8.56. The van der Waals surface area contributed by atoms with Crippen molar-refractivity contribution in [2.75, 3.05) is 0 Å². The van der Waals surface area contributed by atoms with Crippen molar-refractivity contribution < 1.29 is 8.78 Å². The third-order valence-corrected chi connectivity index (χ3v) is 3.70. The summed E-state index contributed by atoms with van der Waals surface area (Å²) >= 11 is 9.58. The average molecular weight is 332 g/mol. The first-order valence-corrected chi connectivity index (χ1v) is 6.62. The monoisotopic (exact) mass is 330 g/mol. The fraction of sp³-hybridized carbons (Fsp3) is 0.143. The number of hydrogen-bond acceptors (Lipinski definition) is 0. The van der Waals surface area contributed by atoms with E-state index in [2.05, 4.69) is 15.9 Å². The average Bonchev–Trinajstić information content (AvgIpc) is 2.32. The van der Waals surface area contributed by atoms with Gasteiger partial charge in [-0.15, -0.1) is 11.6 Å². The molecule has 0 saturated heterocycles. The van der Waals surface area contributed by atoms with Crippen molar-refractivity contribution in [2.45, 2.75) is 11.8 Å². The third kappa shape index (κ3) is 3.30. The normalized spacial score (nSPS) is 12.4. The van der Waals surface area contributed by atoms with Crippen LogP contribution in [0.5, 0.6) is 0 Å². The third-order valence-electron chi connectivity index (χ3n) is 2.63. The van der Waals surface area contributed by atoms with Crippen LogP contribution >= 0.6 is 27.5 Å². The van der Waals surface area contributed by atoms with Gasteiger partial charge in [0.05, 0.1) is 5.38 Å². The Morgan fingerprint density at radius 2 is 1.61 bits per heavy atom. The number of hydrogen-bond donors (Lipinski definition) is 0. The van der Waals surface area contributed by atoms with Crippen molar-refractivity contribution in [3.63, 3.8) is 0 Å². The second kappa shape index (κ2) is 5.81. The minimum atomic E-state index is -0.309. The standard InChI is InChI=1S/C14H10BrClF2/c15-13-8-11(18)5-6-12(13)14(16)7-9-1-3-10(17)4-2-9/h1-6,8,14H,7H2. The minimum Gasteiger partial charge on any atom is -0.207 e. The van der Waals surface area contributed by atoms with Crippen molar-refractivity contribution >= 4 is 27.5 Å². The second-order valence-corrected chi connectivity index (χ2v) is 5.35. The largest absolute Gasteiger partial charge is 0.207 e. The van der Waals surface area contributed by atoms with Crippen LogP contribution in [0.4, 0.5) is 8.78 Å². The highest BCUT2D eigenvalue weighted by molar-refractivity contribution is 9.10. The first kappa shape index (κ1) is 13.5. The van der Waals surface area contributed by atoms with E-state index < -0.39 is 0 Å². The van der Waals surface area contributed by atoms with Gasteiger partial charge in [-0.2, -0.15) is 0 Å². The molecule has 2 aromatic carbocycles. The molecule has 0 radical (unpaired) electrons. The van der Waals surface area contributed by atoms with Crippen LogP contribution in [0.1, 0.15) is 16.5 Å². The molecule has 1 atom stereocenters. The fourth-order valence-corrected chi connectivity index (χ4v) is 2.82. The van der Waals surface area contributed by atoms with Crippen molar-refractivity contribution in [1.82, 2.24) is 0 Å². The van der Waals surface area contributed by atoms with Crippen LogP contribution in [0, 0.1) is 11.6 Å². The second-order valence-electron chi connectivity index (χ2n) is 3.96. The van der Waals surface area contributed by atoms with E-state index in [1.54, 1.807) is 18.2 Å². The van der Waals surface area contributed by atoms with Crippen molar-refractivity contribution in [3.8, 4) is 0 Å². The highest BCUT2D eigenvalue weighted by Crippen LogP contribution is 2.31. The summed E-state index contributed by atoms with van der Waals surface area (Å²) in [5, 5.41) is -0.287. The van der Waals surface area contributed by atoms with Crippen LogP contribution in [0.3, 0.4) is 0 Å². The van der Waals surface area contributed by atoms with Gasteiger partial charge < -0.3 is 0 Å². The SMILES string of the molecule is Fc1ccc(CC(Cl)c2ccc(F)cc2Br)cc1. The van der Waals surface area contributed by atoms with Gasteiger partial charge >= 0.3 is 0 Å². The lowest BCUT2D eigenvalue weighted by atomic mass is 10.0. The number of rotatable bonds is 3. The molecule has 1 unspecified atom stereocenters. The molecular formula is C14H10BrClF2. The quantitative estimate of drug-likeness (QED) is 0.674. The first-order valence-electron chi connectivity index (χ1n) is 5.40. The van der Waals surface area contributed by atoms with E-state index in [0.29, 0.717) is 10.9 Å². The van der Waals surface area contributed by atoms with Crippen LogP contribution in [0.15, 0.2) is 46.9 Å². The summed E-state index contributed by atoms with van der Waals surface area (Å²) in [7, 11) is 0. The highest BCUT2D eigenvalue weighted by atomic mass is 79.9. The molecule has 0 aromatic heterocycles. The summed E-state index contributed by atoms with van der Waals surface area (Å²) in [6.07, 6.45) is 0.562. The predicted octanol–water partition coefficient (Wildman–Crippen LogP) is 5.25. The molecule has 0 bridgehead atoms. The molecule has 4 heteroatoms. The maximum absolute atomic E-state index is 13.0. The number of halogens is 4. The van der Waals surface area contributed by atoms with Crippen LogP contribution < -0.4 is 0 Å². The minimum absolute atomic E-state index is 0.271. The van der Waals surface area contributed by atoms with E-state index >= 15 is 0 Å². The Balaban J connectivity index is 2.16. The molecule has 94 valence electrons.